The second-order valence-electron chi connectivity index (χ2n) is 5.02. The third-order valence-corrected chi connectivity index (χ3v) is 2.05. The average Bonchev–Trinajstić information content (AvgIpc) is 2.24. The Hall–Kier alpha value is -1.91. The number of nitrogens with one attached hydrogen (secondary N) is 2. The van der Waals surface area contributed by atoms with Crippen LogP contribution >= 0.6 is 0 Å². The normalized spacial score (nSPS) is 10.8. The van der Waals surface area contributed by atoms with Crippen molar-refractivity contribution in [3.63, 3.8) is 0 Å². The van der Waals surface area contributed by atoms with Crippen LogP contribution in [0.1, 0.15) is 20.8 Å². The summed E-state index contributed by atoms with van der Waals surface area (Å²) in [5.74, 6) is 0.635. The van der Waals surface area contributed by atoms with Gasteiger partial charge in [-0.25, -0.2) is 4.79 Å². The SMILES string of the molecule is CC(C)(C)NC(=O)NCCOc1ccccc1N. The van der Waals surface area contributed by atoms with Crippen molar-refractivity contribution in [2.75, 3.05) is 18.9 Å². The van der Waals surface area contributed by atoms with Crippen LogP contribution in [0, 0.1) is 0 Å². The number of ether oxygens (including phenoxy) is 1. The minimum atomic E-state index is -0.241. The molecule has 1 rings (SSSR count). The Kier molecular flexibility index (Phi) is 4.83. The van der Waals surface area contributed by atoms with E-state index in [1.165, 1.54) is 0 Å². The average molecular weight is 251 g/mol. The summed E-state index contributed by atoms with van der Waals surface area (Å²) in [7, 11) is 0. The summed E-state index contributed by atoms with van der Waals surface area (Å²) in [6.45, 7) is 6.58. The quantitative estimate of drug-likeness (QED) is 0.563. The molecule has 0 aliphatic rings. The molecule has 0 spiro atoms. The van der Waals surface area contributed by atoms with Gasteiger partial charge in [0.25, 0.3) is 0 Å². The largest absolute Gasteiger partial charge is 0.490 e. The highest BCUT2D eigenvalue weighted by molar-refractivity contribution is 5.74. The highest BCUT2D eigenvalue weighted by atomic mass is 16.5. The van der Waals surface area contributed by atoms with Gasteiger partial charge in [0.05, 0.1) is 12.2 Å². The molecule has 1 aromatic carbocycles. The monoisotopic (exact) mass is 251 g/mol. The van der Waals surface area contributed by atoms with Gasteiger partial charge in [0, 0.05) is 5.54 Å². The Labute approximate surface area is 108 Å². The van der Waals surface area contributed by atoms with Gasteiger partial charge in [-0.05, 0) is 32.9 Å². The third-order valence-electron chi connectivity index (χ3n) is 2.05. The minimum absolute atomic E-state index is 0.202. The predicted octanol–water partition coefficient (Wildman–Crippen LogP) is 1.75. The maximum atomic E-state index is 11.4. The summed E-state index contributed by atoms with van der Waals surface area (Å²) in [5, 5.41) is 5.51. The molecule has 5 heteroatoms. The van der Waals surface area contributed by atoms with E-state index in [4.69, 9.17) is 10.5 Å². The lowest BCUT2D eigenvalue weighted by molar-refractivity contribution is 0.228. The summed E-state index contributed by atoms with van der Waals surface area (Å²) >= 11 is 0. The molecule has 2 amide bonds. The fourth-order valence-electron chi connectivity index (χ4n) is 1.32. The zero-order valence-corrected chi connectivity index (χ0v) is 11.1. The van der Waals surface area contributed by atoms with E-state index in [0.717, 1.165) is 0 Å². The summed E-state index contributed by atoms with van der Waals surface area (Å²) in [6, 6.07) is 7.06. The Morgan fingerprint density at radius 1 is 1.33 bits per heavy atom. The summed E-state index contributed by atoms with van der Waals surface area (Å²) < 4.78 is 5.45. The van der Waals surface area contributed by atoms with Gasteiger partial charge in [0.2, 0.25) is 0 Å². The molecule has 0 saturated carbocycles. The number of nitrogen functional groups attached to an aromatic ring is 1. The molecule has 0 heterocycles. The maximum absolute atomic E-state index is 11.4. The molecule has 5 nitrogen and oxygen atoms in total. The van der Waals surface area contributed by atoms with Crippen LogP contribution in [0.4, 0.5) is 10.5 Å². The fourth-order valence-corrected chi connectivity index (χ4v) is 1.32. The van der Waals surface area contributed by atoms with Crippen molar-refractivity contribution in [1.82, 2.24) is 10.6 Å². The number of amides is 2. The Morgan fingerprint density at radius 3 is 2.61 bits per heavy atom. The van der Waals surface area contributed by atoms with Crippen LogP contribution in [0.15, 0.2) is 24.3 Å². The molecule has 100 valence electrons. The van der Waals surface area contributed by atoms with Crippen LogP contribution in [0.25, 0.3) is 0 Å². The molecule has 0 atom stereocenters. The lowest BCUT2D eigenvalue weighted by atomic mass is 10.1. The zero-order chi connectivity index (χ0) is 13.6. The van der Waals surface area contributed by atoms with Crippen molar-refractivity contribution in [2.24, 2.45) is 0 Å². The number of carbonyl (C=O) groups excluding carboxylic acids is 1. The first-order chi connectivity index (χ1) is 8.38. The van der Waals surface area contributed by atoms with Gasteiger partial charge < -0.3 is 21.1 Å². The molecule has 18 heavy (non-hydrogen) atoms. The summed E-state index contributed by atoms with van der Waals surface area (Å²) in [6.07, 6.45) is 0. The molecule has 0 unspecified atom stereocenters. The van der Waals surface area contributed by atoms with E-state index in [1.54, 1.807) is 12.1 Å². The molecule has 0 radical (unpaired) electrons. The Morgan fingerprint density at radius 2 is 2.00 bits per heavy atom. The van der Waals surface area contributed by atoms with Crippen LogP contribution in [0.3, 0.4) is 0 Å². The van der Waals surface area contributed by atoms with Gasteiger partial charge in [-0.15, -0.1) is 0 Å². The third kappa shape index (κ3) is 5.43. The van der Waals surface area contributed by atoms with Gasteiger partial charge in [-0.1, -0.05) is 12.1 Å². The first kappa shape index (κ1) is 14.2. The van der Waals surface area contributed by atoms with Crippen molar-refractivity contribution >= 4 is 11.7 Å². The minimum Gasteiger partial charge on any atom is -0.490 e. The molecule has 0 bridgehead atoms. The van der Waals surface area contributed by atoms with Gasteiger partial charge in [0.1, 0.15) is 12.4 Å². The number of para-hydroxylation sites is 2. The molecule has 0 fully saturated rings. The van der Waals surface area contributed by atoms with Crippen LogP contribution in [0.2, 0.25) is 0 Å². The zero-order valence-electron chi connectivity index (χ0n) is 11.1. The van der Waals surface area contributed by atoms with Gasteiger partial charge in [0.15, 0.2) is 0 Å². The number of urea groups is 1. The Balaban J connectivity index is 2.23. The maximum Gasteiger partial charge on any atom is 0.315 e. The number of benzene rings is 1. The van der Waals surface area contributed by atoms with E-state index in [1.807, 2.05) is 32.9 Å². The standard InChI is InChI=1S/C13H21N3O2/c1-13(2,3)16-12(17)15-8-9-18-11-7-5-4-6-10(11)14/h4-7H,8-9,14H2,1-3H3,(H2,15,16,17). The van der Waals surface area contributed by atoms with Crippen LogP contribution in [-0.2, 0) is 0 Å². The lowest BCUT2D eigenvalue weighted by Gasteiger charge is -2.20. The predicted molar refractivity (Wildman–Crippen MR) is 72.6 cm³/mol. The smallest absolute Gasteiger partial charge is 0.315 e. The second-order valence-corrected chi connectivity index (χ2v) is 5.02. The number of rotatable bonds is 4. The summed E-state index contributed by atoms with van der Waals surface area (Å²) in [5.41, 5.74) is 6.07. The number of nitrogens with two attached hydrogens (primary N) is 1. The second kappa shape index (κ2) is 6.14. The van der Waals surface area contributed by atoms with Crippen molar-refractivity contribution < 1.29 is 9.53 Å². The van der Waals surface area contributed by atoms with Gasteiger partial charge in [-0.3, -0.25) is 0 Å². The van der Waals surface area contributed by atoms with Gasteiger partial charge >= 0.3 is 6.03 Å². The molecular formula is C13H21N3O2. The van der Waals surface area contributed by atoms with E-state index in [2.05, 4.69) is 10.6 Å². The van der Waals surface area contributed by atoms with Crippen molar-refractivity contribution in [3.8, 4) is 5.75 Å². The number of anilines is 1. The summed E-state index contributed by atoms with van der Waals surface area (Å²) in [4.78, 5) is 11.4. The van der Waals surface area contributed by atoms with Crippen molar-refractivity contribution in [1.29, 1.82) is 0 Å². The highest BCUT2D eigenvalue weighted by Crippen LogP contribution is 2.19. The molecule has 0 aliphatic carbocycles. The first-order valence-corrected chi connectivity index (χ1v) is 5.92. The molecule has 4 N–H and O–H groups in total. The van der Waals surface area contributed by atoms with E-state index < -0.39 is 0 Å². The number of hydrogen-bond donors (Lipinski definition) is 3. The Bertz CT molecular complexity index is 399. The fraction of sp³-hybridized carbons (Fsp3) is 0.462. The molecule has 0 saturated heterocycles. The van der Waals surface area contributed by atoms with E-state index in [0.29, 0.717) is 24.6 Å². The lowest BCUT2D eigenvalue weighted by Crippen LogP contribution is -2.47. The van der Waals surface area contributed by atoms with E-state index in [9.17, 15) is 4.79 Å². The molecule has 0 aromatic heterocycles. The first-order valence-electron chi connectivity index (χ1n) is 5.92. The van der Waals surface area contributed by atoms with Crippen LogP contribution in [0.5, 0.6) is 5.75 Å². The van der Waals surface area contributed by atoms with Crippen LogP contribution < -0.4 is 21.1 Å². The van der Waals surface area contributed by atoms with Crippen molar-refractivity contribution in [3.05, 3.63) is 24.3 Å². The number of hydrogen-bond acceptors (Lipinski definition) is 3. The highest BCUT2D eigenvalue weighted by Gasteiger charge is 2.12. The molecule has 0 aliphatic heterocycles. The topological polar surface area (TPSA) is 76.4 Å². The van der Waals surface area contributed by atoms with E-state index >= 15 is 0 Å². The van der Waals surface area contributed by atoms with E-state index in [-0.39, 0.29) is 11.6 Å². The van der Waals surface area contributed by atoms with Crippen molar-refractivity contribution in [2.45, 2.75) is 26.3 Å². The van der Waals surface area contributed by atoms with Gasteiger partial charge in [-0.2, -0.15) is 0 Å². The van der Waals surface area contributed by atoms with Crippen LogP contribution in [-0.4, -0.2) is 24.7 Å². The molecule has 1 aromatic rings. The number of carbonyl (C=O) groups is 1. The molecular weight excluding hydrogens is 230 g/mol.